The maximum atomic E-state index is 12.5. The number of para-hydroxylation sites is 1. The van der Waals surface area contributed by atoms with E-state index in [1.807, 2.05) is 24.3 Å². The lowest BCUT2D eigenvalue weighted by molar-refractivity contribution is -0.116. The minimum atomic E-state index is -0.553. The highest BCUT2D eigenvalue weighted by Crippen LogP contribution is 2.16. The summed E-state index contributed by atoms with van der Waals surface area (Å²) in [7, 11) is 1.60. The molecule has 0 aliphatic heterocycles. The Morgan fingerprint density at radius 3 is 2.35 bits per heavy atom. The van der Waals surface area contributed by atoms with Crippen LogP contribution in [-0.4, -0.2) is 29.8 Å². The van der Waals surface area contributed by atoms with Gasteiger partial charge in [-0.2, -0.15) is 0 Å². The molecule has 0 radical (unpaired) electrons. The van der Waals surface area contributed by atoms with Crippen molar-refractivity contribution < 1.29 is 19.1 Å². The average molecular weight is 418 g/mol. The van der Waals surface area contributed by atoms with Gasteiger partial charge < -0.3 is 10.1 Å². The smallest absolute Gasteiger partial charge is 0.271 e. The van der Waals surface area contributed by atoms with Crippen LogP contribution in [0.15, 0.2) is 73.1 Å². The maximum absolute atomic E-state index is 12.5. The lowest BCUT2D eigenvalue weighted by Crippen LogP contribution is -2.42. The third kappa shape index (κ3) is 6.14. The molecule has 0 spiro atoms. The molecule has 2 aromatic carbocycles. The Morgan fingerprint density at radius 1 is 0.903 bits per heavy atom. The van der Waals surface area contributed by atoms with Crippen LogP contribution in [0.25, 0.3) is 0 Å². The van der Waals surface area contributed by atoms with Crippen molar-refractivity contribution in [3.05, 3.63) is 89.7 Å². The summed E-state index contributed by atoms with van der Waals surface area (Å²) in [6.45, 7) is 0. The first-order valence-corrected chi connectivity index (χ1v) is 9.59. The molecule has 0 saturated carbocycles. The van der Waals surface area contributed by atoms with Crippen LogP contribution >= 0.6 is 0 Å². The molecule has 31 heavy (non-hydrogen) atoms. The fraction of sp³-hybridized carbons (Fsp3) is 0.130. The SMILES string of the molecule is COc1ccc(CCC(=O)Nc2ccccc2C(=O)NNC(=O)c2cccnc2)cc1. The highest BCUT2D eigenvalue weighted by Gasteiger charge is 2.14. The van der Waals surface area contributed by atoms with E-state index in [-0.39, 0.29) is 17.9 Å². The number of nitrogens with zero attached hydrogens (tertiary/aromatic N) is 1. The molecule has 3 amide bonds. The normalized spacial score (nSPS) is 10.1. The topological polar surface area (TPSA) is 109 Å². The van der Waals surface area contributed by atoms with Crippen molar-refractivity contribution in [3.8, 4) is 5.75 Å². The molecule has 3 aromatic rings. The average Bonchev–Trinajstić information content (AvgIpc) is 2.82. The first-order valence-electron chi connectivity index (χ1n) is 9.59. The molecule has 0 atom stereocenters. The van der Waals surface area contributed by atoms with E-state index in [1.165, 1.54) is 6.20 Å². The van der Waals surface area contributed by atoms with Crippen LogP contribution in [0.3, 0.4) is 0 Å². The molecule has 3 N–H and O–H groups in total. The fourth-order valence-corrected chi connectivity index (χ4v) is 2.80. The molecule has 3 rings (SSSR count). The second-order valence-electron chi connectivity index (χ2n) is 6.59. The Morgan fingerprint density at radius 2 is 1.65 bits per heavy atom. The number of aromatic nitrogens is 1. The number of pyridine rings is 1. The summed E-state index contributed by atoms with van der Waals surface area (Å²) in [4.78, 5) is 40.8. The van der Waals surface area contributed by atoms with Crippen LogP contribution in [-0.2, 0) is 11.2 Å². The first kappa shape index (κ1) is 21.5. The van der Waals surface area contributed by atoms with Crippen LogP contribution in [0.5, 0.6) is 5.75 Å². The van der Waals surface area contributed by atoms with Crippen molar-refractivity contribution in [1.29, 1.82) is 0 Å². The van der Waals surface area contributed by atoms with Gasteiger partial charge in [0.05, 0.1) is 23.9 Å². The Bertz CT molecular complexity index is 1050. The summed E-state index contributed by atoms with van der Waals surface area (Å²) in [6, 6.07) is 17.2. The predicted octanol–water partition coefficient (Wildman–Crippen LogP) is 2.74. The molecule has 0 bridgehead atoms. The number of ether oxygens (including phenoxy) is 1. The summed E-state index contributed by atoms with van der Waals surface area (Å²) >= 11 is 0. The molecule has 0 unspecified atom stereocenters. The summed E-state index contributed by atoms with van der Waals surface area (Å²) in [5.41, 5.74) is 6.58. The number of methoxy groups -OCH3 is 1. The van der Waals surface area contributed by atoms with Crippen molar-refractivity contribution in [1.82, 2.24) is 15.8 Å². The highest BCUT2D eigenvalue weighted by molar-refractivity contribution is 6.05. The van der Waals surface area contributed by atoms with Crippen molar-refractivity contribution >= 4 is 23.4 Å². The van der Waals surface area contributed by atoms with Gasteiger partial charge in [-0.15, -0.1) is 0 Å². The van der Waals surface area contributed by atoms with Gasteiger partial charge in [0.2, 0.25) is 5.91 Å². The van der Waals surface area contributed by atoms with Gasteiger partial charge in [0.1, 0.15) is 5.75 Å². The van der Waals surface area contributed by atoms with E-state index in [4.69, 9.17) is 4.74 Å². The molecular formula is C23H22N4O4. The molecule has 0 aliphatic rings. The molecule has 8 heteroatoms. The number of rotatable bonds is 7. The minimum absolute atomic E-state index is 0.226. The zero-order valence-electron chi connectivity index (χ0n) is 16.9. The Hall–Kier alpha value is -4.20. The predicted molar refractivity (Wildman–Crippen MR) is 116 cm³/mol. The number of carbonyl (C=O) groups excluding carboxylic acids is 3. The molecule has 8 nitrogen and oxygen atoms in total. The number of nitrogens with one attached hydrogen (secondary N) is 3. The van der Waals surface area contributed by atoms with Gasteiger partial charge in [-0.1, -0.05) is 24.3 Å². The number of hydrogen-bond donors (Lipinski definition) is 3. The van der Waals surface area contributed by atoms with Gasteiger partial charge >= 0.3 is 0 Å². The fourth-order valence-electron chi connectivity index (χ4n) is 2.80. The Labute approximate surface area is 179 Å². The van der Waals surface area contributed by atoms with E-state index >= 15 is 0 Å². The lowest BCUT2D eigenvalue weighted by Gasteiger charge is -2.12. The summed E-state index contributed by atoms with van der Waals surface area (Å²) < 4.78 is 5.12. The van der Waals surface area contributed by atoms with Crippen LogP contribution in [0.2, 0.25) is 0 Å². The number of aryl methyl sites for hydroxylation is 1. The van der Waals surface area contributed by atoms with Crippen molar-refractivity contribution in [2.75, 3.05) is 12.4 Å². The molecule has 1 heterocycles. The van der Waals surface area contributed by atoms with E-state index in [0.717, 1.165) is 11.3 Å². The standard InChI is InChI=1S/C23H22N4O4/c1-31-18-11-8-16(9-12-18)10-13-21(28)25-20-7-3-2-6-19(20)23(30)27-26-22(29)17-5-4-14-24-15-17/h2-9,11-12,14-15H,10,13H2,1H3,(H,25,28)(H,26,29)(H,27,30). The molecular weight excluding hydrogens is 396 g/mol. The zero-order chi connectivity index (χ0) is 22.1. The van der Waals surface area contributed by atoms with Gasteiger partial charge in [-0.3, -0.25) is 30.2 Å². The second-order valence-corrected chi connectivity index (χ2v) is 6.59. The monoisotopic (exact) mass is 418 g/mol. The molecule has 1 aromatic heterocycles. The quantitative estimate of drug-likeness (QED) is 0.511. The van der Waals surface area contributed by atoms with Gasteiger partial charge in [0.15, 0.2) is 0 Å². The van der Waals surface area contributed by atoms with Gasteiger partial charge in [0, 0.05) is 18.8 Å². The molecule has 0 aliphatic carbocycles. The summed E-state index contributed by atoms with van der Waals surface area (Å²) in [5, 5.41) is 2.76. The summed E-state index contributed by atoms with van der Waals surface area (Å²) in [5.74, 6) is -0.523. The first-order chi connectivity index (χ1) is 15.1. The molecule has 0 saturated heterocycles. The van der Waals surface area contributed by atoms with Gasteiger partial charge in [-0.25, -0.2) is 0 Å². The van der Waals surface area contributed by atoms with Crippen LogP contribution in [0, 0.1) is 0 Å². The van der Waals surface area contributed by atoms with Crippen molar-refractivity contribution in [2.24, 2.45) is 0 Å². The van der Waals surface area contributed by atoms with Crippen LogP contribution in [0.4, 0.5) is 5.69 Å². The number of hydrogen-bond acceptors (Lipinski definition) is 5. The van der Waals surface area contributed by atoms with E-state index in [1.54, 1.807) is 49.7 Å². The van der Waals surface area contributed by atoms with E-state index in [9.17, 15) is 14.4 Å². The molecule has 158 valence electrons. The van der Waals surface area contributed by atoms with Crippen LogP contribution in [0.1, 0.15) is 32.7 Å². The molecule has 0 fully saturated rings. The second kappa shape index (κ2) is 10.5. The third-order valence-electron chi connectivity index (χ3n) is 4.46. The minimum Gasteiger partial charge on any atom is -0.497 e. The summed E-state index contributed by atoms with van der Waals surface area (Å²) in [6.07, 6.45) is 3.73. The van der Waals surface area contributed by atoms with Crippen molar-refractivity contribution in [2.45, 2.75) is 12.8 Å². The van der Waals surface area contributed by atoms with Crippen LogP contribution < -0.4 is 20.9 Å². The zero-order valence-corrected chi connectivity index (χ0v) is 16.9. The van der Waals surface area contributed by atoms with E-state index in [0.29, 0.717) is 17.7 Å². The van der Waals surface area contributed by atoms with Crippen molar-refractivity contribution in [3.63, 3.8) is 0 Å². The number of amides is 3. The van der Waals surface area contributed by atoms with E-state index in [2.05, 4.69) is 21.2 Å². The highest BCUT2D eigenvalue weighted by atomic mass is 16.5. The third-order valence-corrected chi connectivity index (χ3v) is 4.46. The lowest BCUT2D eigenvalue weighted by atomic mass is 10.1. The van der Waals surface area contributed by atoms with E-state index < -0.39 is 11.8 Å². The number of anilines is 1. The van der Waals surface area contributed by atoms with Gasteiger partial charge in [-0.05, 0) is 48.4 Å². The largest absolute Gasteiger partial charge is 0.497 e. The Balaban J connectivity index is 1.56. The number of hydrazine groups is 1. The number of carbonyl (C=O) groups is 3. The Kier molecular flexibility index (Phi) is 7.31. The van der Waals surface area contributed by atoms with Gasteiger partial charge in [0.25, 0.3) is 11.8 Å². The number of benzene rings is 2. The maximum Gasteiger partial charge on any atom is 0.271 e.